The molecular weight excluding hydrogens is 388 g/mol. The molecule has 1 amide bonds. The molecule has 0 saturated carbocycles. The molecule has 0 fully saturated rings. The molecule has 0 saturated heterocycles. The number of methoxy groups -OCH3 is 1. The molecule has 2 aromatic rings. The minimum atomic E-state index is -0.250. The van der Waals surface area contributed by atoms with Crippen LogP contribution in [0.4, 0.5) is 0 Å². The van der Waals surface area contributed by atoms with Gasteiger partial charge in [-0.3, -0.25) is 14.5 Å². The molecule has 0 bridgehead atoms. The van der Waals surface area contributed by atoms with E-state index in [9.17, 15) is 4.79 Å². The van der Waals surface area contributed by atoms with Gasteiger partial charge in [-0.05, 0) is 42.8 Å². The van der Waals surface area contributed by atoms with E-state index in [1.54, 1.807) is 18.9 Å². The smallest absolute Gasteiger partial charge is 0.290 e. The molecular formula is C22H28N2O4S. The first kappa shape index (κ1) is 22.8. The monoisotopic (exact) mass is 416 g/mol. The van der Waals surface area contributed by atoms with Gasteiger partial charge in [-0.25, -0.2) is 0 Å². The van der Waals surface area contributed by atoms with E-state index in [1.807, 2.05) is 36.2 Å². The van der Waals surface area contributed by atoms with Gasteiger partial charge in [0.15, 0.2) is 0 Å². The number of hydrogen-bond donors (Lipinski definition) is 1. The summed E-state index contributed by atoms with van der Waals surface area (Å²) in [5.41, 5.74) is 2.80. The number of ether oxygens (including phenoxy) is 1. The number of benzene rings is 2. The maximum atomic E-state index is 12.6. The molecule has 0 aliphatic carbocycles. The van der Waals surface area contributed by atoms with Crippen LogP contribution in [0.1, 0.15) is 11.1 Å². The lowest BCUT2D eigenvalue weighted by atomic mass is 9.94. The lowest BCUT2D eigenvalue weighted by Crippen LogP contribution is -2.46. The van der Waals surface area contributed by atoms with E-state index < -0.39 is 0 Å². The van der Waals surface area contributed by atoms with Crippen molar-refractivity contribution in [2.24, 2.45) is 0 Å². The van der Waals surface area contributed by atoms with Crippen LogP contribution in [0.2, 0.25) is 0 Å². The fourth-order valence-corrected chi connectivity index (χ4v) is 4.17. The molecule has 1 unspecified atom stereocenters. The number of thioether (sulfide) groups is 1. The summed E-state index contributed by atoms with van der Waals surface area (Å²) in [5, 5.41) is 6.89. The van der Waals surface area contributed by atoms with Crippen LogP contribution < -0.4 is 4.74 Å². The molecule has 0 spiro atoms. The van der Waals surface area contributed by atoms with Gasteiger partial charge in [-0.15, -0.1) is 11.8 Å². The molecule has 156 valence electrons. The van der Waals surface area contributed by atoms with Crippen molar-refractivity contribution in [1.29, 1.82) is 0 Å². The quantitative estimate of drug-likeness (QED) is 0.577. The van der Waals surface area contributed by atoms with Gasteiger partial charge in [0, 0.05) is 31.1 Å². The van der Waals surface area contributed by atoms with Crippen LogP contribution in [-0.4, -0.2) is 66.8 Å². The van der Waals surface area contributed by atoms with Gasteiger partial charge in [0.05, 0.1) is 12.9 Å². The maximum Gasteiger partial charge on any atom is 0.290 e. The Hall–Kier alpha value is -2.51. The first-order valence-corrected chi connectivity index (χ1v) is 10.3. The average Bonchev–Trinajstić information content (AvgIpc) is 2.73. The van der Waals surface area contributed by atoms with Gasteiger partial charge < -0.3 is 14.7 Å². The first-order valence-electron chi connectivity index (χ1n) is 9.34. The summed E-state index contributed by atoms with van der Waals surface area (Å²) in [6.45, 7) is 1.45. The highest BCUT2D eigenvalue weighted by Crippen LogP contribution is 2.24. The minimum absolute atomic E-state index is 0.157. The summed E-state index contributed by atoms with van der Waals surface area (Å²) in [6.07, 6.45) is 0.993. The molecule has 7 heteroatoms. The molecule has 0 aromatic heterocycles. The Bertz CT molecular complexity index is 815. The van der Waals surface area contributed by atoms with E-state index in [0.29, 0.717) is 11.8 Å². The third-order valence-corrected chi connectivity index (χ3v) is 5.91. The third-order valence-electron chi connectivity index (χ3n) is 4.93. The Balaban J connectivity index is 0.000000941. The zero-order chi connectivity index (χ0) is 21.2. The van der Waals surface area contributed by atoms with Crippen molar-refractivity contribution in [3.05, 3.63) is 59.7 Å². The molecule has 1 heterocycles. The van der Waals surface area contributed by atoms with Crippen molar-refractivity contribution in [3.8, 4) is 5.75 Å². The molecule has 3 rings (SSSR count). The Morgan fingerprint density at radius 3 is 2.66 bits per heavy atom. The van der Waals surface area contributed by atoms with Crippen molar-refractivity contribution < 1.29 is 19.4 Å². The van der Waals surface area contributed by atoms with Crippen LogP contribution >= 0.6 is 11.8 Å². The Morgan fingerprint density at radius 1 is 1.28 bits per heavy atom. The topological polar surface area (TPSA) is 70.1 Å². The number of hydrogen-bond acceptors (Lipinski definition) is 5. The molecule has 2 aromatic carbocycles. The van der Waals surface area contributed by atoms with Gasteiger partial charge in [0.1, 0.15) is 5.75 Å². The van der Waals surface area contributed by atoms with Crippen molar-refractivity contribution >= 4 is 24.1 Å². The van der Waals surface area contributed by atoms with Crippen molar-refractivity contribution in [3.63, 3.8) is 0 Å². The first-order chi connectivity index (χ1) is 14.0. The van der Waals surface area contributed by atoms with Gasteiger partial charge in [-0.1, -0.05) is 30.3 Å². The van der Waals surface area contributed by atoms with Gasteiger partial charge in [-0.2, -0.15) is 0 Å². The number of rotatable bonds is 6. The molecule has 29 heavy (non-hydrogen) atoms. The van der Waals surface area contributed by atoms with Crippen molar-refractivity contribution in [2.75, 3.05) is 33.5 Å². The number of carbonyl (C=O) groups is 2. The standard InChI is InChI=1S/C21H26N2O2S.CH2O2/c1-22-13-17-8-5-4-7-16(17)11-18(22)14-23(2)21(24)15-26-20-10-6-9-19(12-20)25-3;2-1-3/h4-10,12,18H,11,13-15H2,1-3H3;1H,(H,2,3). The molecule has 6 nitrogen and oxygen atoms in total. The van der Waals surface area contributed by atoms with E-state index in [2.05, 4.69) is 36.2 Å². The van der Waals surface area contributed by atoms with Crippen LogP contribution in [-0.2, 0) is 22.6 Å². The Labute approximate surface area is 176 Å². The summed E-state index contributed by atoms with van der Waals surface area (Å²) < 4.78 is 5.24. The molecule has 1 N–H and O–H groups in total. The molecule has 1 aliphatic heterocycles. The lowest BCUT2D eigenvalue weighted by Gasteiger charge is -2.36. The zero-order valence-corrected chi connectivity index (χ0v) is 17.9. The summed E-state index contributed by atoms with van der Waals surface area (Å²) >= 11 is 1.55. The Kier molecular flexibility index (Phi) is 9.02. The highest BCUT2D eigenvalue weighted by Gasteiger charge is 2.25. The predicted octanol–water partition coefficient (Wildman–Crippen LogP) is 3.00. The van der Waals surface area contributed by atoms with Gasteiger partial charge in [0.25, 0.3) is 6.47 Å². The number of fused-ring (bicyclic) bond motifs is 1. The summed E-state index contributed by atoms with van der Waals surface area (Å²) in [5.74, 6) is 1.42. The highest BCUT2D eigenvalue weighted by molar-refractivity contribution is 8.00. The predicted molar refractivity (Wildman–Crippen MR) is 115 cm³/mol. The van der Waals surface area contributed by atoms with E-state index >= 15 is 0 Å². The normalized spacial score (nSPS) is 15.5. The molecule has 1 atom stereocenters. The largest absolute Gasteiger partial charge is 0.497 e. The van der Waals surface area contributed by atoms with E-state index in [1.165, 1.54) is 11.1 Å². The highest BCUT2D eigenvalue weighted by atomic mass is 32.2. The van der Waals surface area contributed by atoms with E-state index in [0.717, 1.165) is 30.2 Å². The average molecular weight is 417 g/mol. The van der Waals surface area contributed by atoms with Gasteiger partial charge in [0.2, 0.25) is 5.91 Å². The number of carbonyl (C=O) groups excluding carboxylic acids is 1. The van der Waals surface area contributed by atoms with Crippen LogP contribution in [0.25, 0.3) is 0 Å². The van der Waals surface area contributed by atoms with E-state index in [4.69, 9.17) is 14.6 Å². The minimum Gasteiger partial charge on any atom is -0.497 e. The number of amides is 1. The zero-order valence-electron chi connectivity index (χ0n) is 17.1. The second-order valence-corrected chi connectivity index (χ2v) is 7.94. The Morgan fingerprint density at radius 2 is 1.97 bits per heavy atom. The molecule has 1 aliphatic rings. The fourth-order valence-electron chi connectivity index (χ4n) is 3.29. The van der Waals surface area contributed by atoms with Crippen LogP contribution in [0.15, 0.2) is 53.4 Å². The van der Waals surface area contributed by atoms with Crippen LogP contribution in [0, 0.1) is 0 Å². The number of carboxylic acid groups (broad SMARTS) is 1. The molecule has 0 radical (unpaired) electrons. The third kappa shape index (κ3) is 6.80. The summed E-state index contributed by atoms with van der Waals surface area (Å²) in [7, 11) is 5.70. The summed E-state index contributed by atoms with van der Waals surface area (Å²) in [4.78, 5) is 26.2. The van der Waals surface area contributed by atoms with Crippen LogP contribution in [0.3, 0.4) is 0 Å². The van der Waals surface area contributed by atoms with E-state index in [-0.39, 0.29) is 12.4 Å². The SMILES string of the molecule is COc1cccc(SCC(=O)N(C)CC2Cc3ccccc3CN2C)c1.O=CO. The maximum absolute atomic E-state index is 12.6. The van der Waals surface area contributed by atoms with Gasteiger partial charge >= 0.3 is 0 Å². The number of nitrogens with zero attached hydrogens (tertiary/aromatic N) is 2. The number of likely N-dealkylation sites (N-methyl/N-ethyl adjacent to an activating group) is 2. The summed E-state index contributed by atoms with van der Waals surface area (Å²) in [6, 6.07) is 16.8. The fraction of sp³-hybridized carbons (Fsp3) is 0.364. The van der Waals surface area contributed by atoms with Crippen molar-refractivity contribution in [1.82, 2.24) is 9.80 Å². The second-order valence-electron chi connectivity index (χ2n) is 6.89. The second kappa shape index (κ2) is 11.5. The lowest BCUT2D eigenvalue weighted by molar-refractivity contribution is -0.128. The van der Waals surface area contributed by atoms with Crippen LogP contribution in [0.5, 0.6) is 5.75 Å². The van der Waals surface area contributed by atoms with Crippen molar-refractivity contribution in [2.45, 2.75) is 23.9 Å².